The normalized spacial score (nSPS) is 13.9. The van der Waals surface area contributed by atoms with Crippen LogP contribution in [-0.2, 0) is 9.53 Å². The molecular weight excluding hydrogens is 260 g/mol. The van der Waals surface area contributed by atoms with E-state index in [-0.39, 0.29) is 12.1 Å². The summed E-state index contributed by atoms with van der Waals surface area (Å²) in [6.07, 6.45) is 15.2. The Balaban J connectivity index is 3.77. The molecule has 21 heavy (non-hydrogen) atoms. The fourth-order valence-electron chi connectivity index (χ4n) is 2.93. The maximum atomic E-state index is 11.2. The highest BCUT2D eigenvalue weighted by Crippen LogP contribution is 2.19. The highest BCUT2D eigenvalue weighted by molar-refractivity contribution is 5.66. The zero-order valence-corrected chi connectivity index (χ0v) is 15.0. The molecule has 0 radical (unpaired) electrons. The van der Waals surface area contributed by atoms with Crippen LogP contribution in [0.2, 0.25) is 0 Å². The zero-order chi connectivity index (χ0) is 15.9. The molecule has 0 saturated carbocycles. The molecule has 0 aliphatic heterocycles. The van der Waals surface area contributed by atoms with Gasteiger partial charge in [0.15, 0.2) is 0 Å². The minimum absolute atomic E-state index is 0.119. The summed E-state index contributed by atoms with van der Waals surface area (Å²) in [6.45, 7) is 8.33. The van der Waals surface area contributed by atoms with Crippen LogP contribution in [0.3, 0.4) is 0 Å². The van der Waals surface area contributed by atoms with Crippen molar-refractivity contribution in [2.75, 3.05) is 0 Å². The molecule has 0 heterocycles. The molecule has 2 nitrogen and oxygen atoms in total. The third-order valence-electron chi connectivity index (χ3n) is 4.23. The minimum Gasteiger partial charge on any atom is -0.463 e. The van der Waals surface area contributed by atoms with Gasteiger partial charge in [-0.3, -0.25) is 4.79 Å². The van der Waals surface area contributed by atoms with E-state index in [1.54, 1.807) is 0 Å². The largest absolute Gasteiger partial charge is 0.463 e. The van der Waals surface area contributed by atoms with E-state index in [2.05, 4.69) is 20.8 Å². The second-order valence-electron chi connectivity index (χ2n) is 6.61. The van der Waals surface area contributed by atoms with Crippen LogP contribution in [-0.4, -0.2) is 12.1 Å². The summed E-state index contributed by atoms with van der Waals surface area (Å²) in [5.41, 5.74) is 0. The standard InChI is InChI=1S/C19H38O2/c1-5-7-8-9-10-11-12-14-19(21-18(4)20)16-15-17(3)13-6-2/h17,19H,5-16H2,1-4H3. The van der Waals surface area contributed by atoms with Gasteiger partial charge in [-0.1, -0.05) is 72.1 Å². The van der Waals surface area contributed by atoms with Gasteiger partial charge in [0, 0.05) is 6.92 Å². The summed E-state index contributed by atoms with van der Waals surface area (Å²) >= 11 is 0. The topological polar surface area (TPSA) is 26.3 Å². The molecule has 0 fully saturated rings. The molecule has 0 saturated heterocycles. The molecule has 126 valence electrons. The van der Waals surface area contributed by atoms with Gasteiger partial charge >= 0.3 is 5.97 Å². The first-order valence-corrected chi connectivity index (χ1v) is 9.27. The monoisotopic (exact) mass is 298 g/mol. The summed E-state index contributed by atoms with van der Waals surface area (Å²) in [4.78, 5) is 11.2. The molecule has 0 aromatic rings. The van der Waals surface area contributed by atoms with Crippen LogP contribution < -0.4 is 0 Å². The second-order valence-corrected chi connectivity index (χ2v) is 6.61. The molecule has 0 bridgehead atoms. The van der Waals surface area contributed by atoms with E-state index in [1.807, 2.05) is 0 Å². The molecule has 0 aromatic heterocycles. The fourth-order valence-corrected chi connectivity index (χ4v) is 2.93. The van der Waals surface area contributed by atoms with Crippen LogP contribution in [0.1, 0.15) is 105 Å². The smallest absolute Gasteiger partial charge is 0.302 e. The van der Waals surface area contributed by atoms with Crippen LogP contribution in [0.5, 0.6) is 0 Å². The molecule has 0 aromatic carbocycles. The third kappa shape index (κ3) is 14.2. The summed E-state index contributed by atoms with van der Waals surface area (Å²) in [7, 11) is 0. The van der Waals surface area contributed by atoms with Gasteiger partial charge in [-0.2, -0.15) is 0 Å². The predicted octanol–water partition coefficient (Wildman–Crippen LogP) is 6.28. The summed E-state index contributed by atoms with van der Waals surface area (Å²) in [6, 6.07) is 0. The third-order valence-corrected chi connectivity index (χ3v) is 4.23. The van der Waals surface area contributed by atoms with Gasteiger partial charge < -0.3 is 4.74 Å². The molecule has 0 aliphatic rings. The van der Waals surface area contributed by atoms with Gasteiger partial charge in [0.25, 0.3) is 0 Å². The van der Waals surface area contributed by atoms with Crippen LogP contribution in [0.15, 0.2) is 0 Å². The van der Waals surface area contributed by atoms with Gasteiger partial charge in [0.05, 0.1) is 0 Å². The SMILES string of the molecule is CCCCCCCCCC(CCC(C)CCC)OC(C)=O. The molecule has 0 amide bonds. The molecule has 0 aliphatic carbocycles. The number of unbranched alkanes of at least 4 members (excludes halogenated alkanes) is 6. The summed E-state index contributed by atoms with van der Waals surface area (Å²) in [5, 5.41) is 0. The highest BCUT2D eigenvalue weighted by atomic mass is 16.5. The number of carbonyl (C=O) groups excluding carboxylic acids is 1. The van der Waals surface area contributed by atoms with E-state index in [9.17, 15) is 4.79 Å². The van der Waals surface area contributed by atoms with E-state index < -0.39 is 0 Å². The first kappa shape index (κ1) is 20.5. The lowest BCUT2D eigenvalue weighted by atomic mass is 9.96. The van der Waals surface area contributed by atoms with Crippen LogP contribution in [0, 0.1) is 5.92 Å². The summed E-state index contributed by atoms with van der Waals surface area (Å²) in [5.74, 6) is 0.633. The minimum atomic E-state index is -0.119. The first-order valence-electron chi connectivity index (χ1n) is 9.27. The van der Waals surface area contributed by atoms with Crippen LogP contribution >= 0.6 is 0 Å². The maximum absolute atomic E-state index is 11.2. The van der Waals surface area contributed by atoms with Crippen LogP contribution in [0.25, 0.3) is 0 Å². The molecule has 2 unspecified atom stereocenters. The average Bonchev–Trinajstić information content (AvgIpc) is 2.43. The van der Waals surface area contributed by atoms with Crippen molar-refractivity contribution in [2.45, 2.75) is 111 Å². The number of esters is 1. The number of hydrogen-bond donors (Lipinski definition) is 0. The molecule has 0 spiro atoms. The van der Waals surface area contributed by atoms with Gasteiger partial charge in [0.1, 0.15) is 6.10 Å². The number of carbonyl (C=O) groups is 1. The predicted molar refractivity (Wildman–Crippen MR) is 91.5 cm³/mol. The van der Waals surface area contributed by atoms with E-state index in [0.717, 1.165) is 18.8 Å². The lowest BCUT2D eigenvalue weighted by Gasteiger charge is -2.19. The van der Waals surface area contributed by atoms with Gasteiger partial charge in [-0.15, -0.1) is 0 Å². The first-order chi connectivity index (χ1) is 10.1. The lowest BCUT2D eigenvalue weighted by Crippen LogP contribution is -2.17. The Morgan fingerprint density at radius 3 is 2.00 bits per heavy atom. The Morgan fingerprint density at radius 1 is 0.810 bits per heavy atom. The Hall–Kier alpha value is -0.530. The molecule has 2 heteroatoms. The lowest BCUT2D eigenvalue weighted by molar-refractivity contribution is -0.147. The maximum Gasteiger partial charge on any atom is 0.302 e. The second kappa shape index (κ2) is 14.4. The van der Waals surface area contributed by atoms with Crippen molar-refractivity contribution >= 4 is 5.97 Å². The molecule has 0 N–H and O–H groups in total. The molecule has 0 rings (SSSR count). The number of hydrogen-bond acceptors (Lipinski definition) is 2. The van der Waals surface area contributed by atoms with E-state index in [4.69, 9.17) is 4.74 Å². The average molecular weight is 299 g/mol. The van der Waals surface area contributed by atoms with E-state index in [0.29, 0.717) is 0 Å². The quantitative estimate of drug-likeness (QED) is 0.279. The van der Waals surface area contributed by atoms with Crippen molar-refractivity contribution in [2.24, 2.45) is 5.92 Å². The van der Waals surface area contributed by atoms with Crippen molar-refractivity contribution < 1.29 is 9.53 Å². The zero-order valence-electron chi connectivity index (χ0n) is 15.0. The molecule has 2 atom stereocenters. The van der Waals surface area contributed by atoms with Crippen molar-refractivity contribution in [3.05, 3.63) is 0 Å². The van der Waals surface area contributed by atoms with E-state index >= 15 is 0 Å². The van der Waals surface area contributed by atoms with Gasteiger partial charge in [-0.25, -0.2) is 0 Å². The van der Waals surface area contributed by atoms with Gasteiger partial charge in [0.2, 0.25) is 0 Å². The summed E-state index contributed by atoms with van der Waals surface area (Å²) < 4.78 is 5.49. The van der Waals surface area contributed by atoms with Crippen molar-refractivity contribution in [3.63, 3.8) is 0 Å². The van der Waals surface area contributed by atoms with Gasteiger partial charge in [-0.05, 0) is 31.6 Å². The Kier molecular flexibility index (Phi) is 14.0. The fraction of sp³-hybridized carbons (Fsp3) is 0.947. The Bertz CT molecular complexity index is 238. The highest BCUT2D eigenvalue weighted by Gasteiger charge is 2.13. The van der Waals surface area contributed by atoms with Crippen molar-refractivity contribution in [1.29, 1.82) is 0 Å². The molecular formula is C19H38O2. The van der Waals surface area contributed by atoms with Crippen molar-refractivity contribution in [1.82, 2.24) is 0 Å². The van der Waals surface area contributed by atoms with E-state index in [1.165, 1.54) is 71.1 Å². The van der Waals surface area contributed by atoms with Crippen LogP contribution in [0.4, 0.5) is 0 Å². The number of ether oxygens (including phenoxy) is 1. The Morgan fingerprint density at radius 2 is 1.43 bits per heavy atom. The number of rotatable bonds is 14. The Labute approximate surface area is 133 Å². The van der Waals surface area contributed by atoms with Crippen molar-refractivity contribution in [3.8, 4) is 0 Å².